The second-order valence-electron chi connectivity index (χ2n) is 5.88. The van der Waals surface area contributed by atoms with Crippen molar-refractivity contribution >= 4 is 5.97 Å². The molecule has 1 aromatic carbocycles. The highest BCUT2D eigenvalue weighted by molar-refractivity contribution is 5.78. The summed E-state index contributed by atoms with van der Waals surface area (Å²) in [4.78, 5) is 12.0. The van der Waals surface area contributed by atoms with Crippen LogP contribution in [0.5, 0.6) is 0 Å². The lowest BCUT2D eigenvalue weighted by Crippen LogP contribution is -2.12. The van der Waals surface area contributed by atoms with Gasteiger partial charge in [-0.2, -0.15) is 5.26 Å². The maximum atomic E-state index is 13.5. The third kappa shape index (κ3) is 3.07. The second-order valence-corrected chi connectivity index (χ2v) is 5.88. The van der Waals surface area contributed by atoms with Crippen LogP contribution in [0, 0.1) is 51.9 Å². The smallest absolute Gasteiger partial charge is 0.310 e. The van der Waals surface area contributed by atoms with Gasteiger partial charge in [0.2, 0.25) is 0 Å². The molecule has 0 saturated heterocycles. The number of allylic oxidation sites excluding steroid dienone is 2. The molecule has 2 atom stereocenters. The molecule has 0 amide bonds. The van der Waals surface area contributed by atoms with Gasteiger partial charge in [-0.1, -0.05) is 19.9 Å². The molecule has 3 nitrogen and oxygen atoms in total. The SMILES string of the molecule is CC1(C)[C@H](/C=C\C#N)[C@H]1C(=O)OCc1cc(F)c(F)c(F)c1F. The van der Waals surface area contributed by atoms with Gasteiger partial charge in [-0.15, -0.1) is 0 Å². The molecular weight excluding hydrogens is 314 g/mol. The fourth-order valence-corrected chi connectivity index (χ4v) is 2.60. The minimum absolute atomic E-state index is 0.207. The molecule has 1 aliphatic carbocycles. The highest BCUT2D eigenvalue weighted by atomic mass is 19.2. The van der Waals surface area contributed by atoms with E-state index in [2.05, 4.69) is 0 Å². The number of benzene rings is 1. The van der Waals surface area contributed by atoms with Crippen molar-refractivity contribution in [3.05, 3.63) is 47.1 Å². The number of rotatable bonds is 4. The van der Waals surface area contributed by atoms with E-state index in [0.29, 0.717) is 6.07 Å². The number of esters is 1. The summed E-state index contributed by atoms with van der Waals surface area (Å²) < 4.78 is 57.4. The monoisotopic (exact) mass is 327 g/mol. The van der Waals surface area contributed by atoms with Crippen LogP contribution in [0.25, 0.3) is 0 Å². The highest BCUT2D eigenvalue weighted by Gasteiger charge is 2.61. The zero-order valence-electron chi connectivity index (χ0n) is 12.4. The average molecular weight is 327 g/mol. The van der Waals surface area contributed by atoms with Gasteiger partial charge < -0.3 is 4.74 Å². The van der Waals surface area contributed by atoms with Crippen LogP contribution in [0.4, 0.5) is 17.6 Å². The number of nitrogens with zero attached hydrogens (tertiary/aromatic N) is 1. The van der Waals surface area contributed by atoms with Gasteiger partial charge >= 0.3 is 5.97 Å². The summed E-state index contributed by atoms with van der Waals surface area (Å²) in [5.41, 5.74) is -1.01. The van der Waals surface area contributed by atoms with E-state index in [1.165, 1.54) is 6.08 Å². The lowest BCUT2D eigenvalue weighted by Gasteiger charge is -2.08. The molecule has 0 heterocycles. The van der Waals surface area contributed by atoms with E-state index < -0.39 is 52.7 Å². The Kier molecular flexibility index (Phi) is 4.46. The van der Waals surface area contributed by atoms with Crippen LogP contribution in [-0.4, -0.2) is 5.97 Å². The third-order valence-electron chi connectivity index (χ3n) is 4.09. The molecule has 1 aliphatic rings. The Bertz CT molecular complexity index is 722. The van der Waals surface area contributed by atoms with E-state index in [-0.39, 0.29) is 5.92 Å². The number of hydrogen-bond acceptors (Lipinski definition) is 3. The van der Waals surface area contributed by atoms with E-state index >= 15 is 0 Å². The number of ether oxygens (including phenoxy) is 1. The van der Waals surface area contributed by atoms with Gasteiger partial charge in [-0.3, -0.25) is 4.79 Å². The van der Waals surface area contributed by atoms with Gasteiger partial charge in [0.1, 0.15) is 6.61 Å². The molecule has 1 fully saturated rings. The van der Waals surface area contributed by atoms with E-state index in [9.17, 15) is 22.4 Å². The lowest BCUT2D eigenvalue weighted by atomic mass is 10.1. The second kappa shape index (κ2) is 6.03. The molecule has 0 N–H and O–H groups in total. The predicted molar refractivity (Wildman–Crippen MR) is 71.6 cm³/mol. The van der Waals surface area contributed by atoms with Gasteiger partial charge in [0.05, 0.1) is 12.0 Å². The van der Waals surface area contributed by atoms with Gasteiger partial charge in [-0.05, 0) is 17.4 Å². The Hall–Kier alpha value is -2.36. The van der Waals surface area contributed by atoms with E-state index in [4.69, 9.17) is 10.00 Å². The molecule has 122 valence electrons. The molecule has 0 bridgehead atoms. The quantitative estimate of drug-likeness (QED) is 0.279. The maximum absolute atomic E-state index is 13.5. The Morgan fingerprint density at radius 1 is 1.30 bits per heavy atom. The molecule has 0 unspecified atom stereocenters. The van der Waals surface area contributed by atoms with Crippen LogP contribution >= 0.6 is 0 Å². The minimum Gasteiger partial charge on any atom is -0.460 e. The molecule has 0 spiro atoms. The fraction of sp³-hybridized carbons (Fsp3) is 0.375. The molecule has 7 heteroatoms. The Morgan fingerprint density at radius 2 is 1.96 bits per heavy atom. The van der Waals surface area contributed by atoms with Crippen molar-refractivity contribution in [2.45, 2.75) is 20.5 Å². The van der Waals surface area contributed by atoms with Gasteiger partial charge in [0.25, 0.3) is 0 Å². The Balaban J connectivity index is 2.07. The third-order valence-corrected chi connectivity index (χ3v) is 4.09. The van der Waals surface area contributed by atoms with Gasteiger partial charge in [0.15, 0.2) is 23.3 Å². The number of carbonyl (C=O) groups excluding carboxylic acids is 1. The summed E-state index contributed by atoms with van der Waals surface area (Å²) in [5, 5.41) is 8.50. The van der Waals surface area contributed by atoms with E-state index in [1.807, 2.05) is 6.07 Å². The van der Waals surface area contributed by atoms with Crippen molar-refractivity contribution in [1.82, 2.24) is 0 Å². The van der Waals surface area contributed by atoms with Crippen molar-refractivity contribution in [3.8, 4) is 6.07 Å². The minimum atomic E-state index is -1.95. The van der Waals surface area contributed by atoms with Crippen LogP contribution in [0.1, 0.15) is 19.4 Å². The number of carbonyl (C=O) groups is 1. The number of nitriles is 1. The molecule has 0 aliphatic heterocycles. The highest BCUT2D eigenvalue weighted by Crippen LogP contribution is 2.59. The normalized spacial score (nSPS) is 22.0. The van der Waals surface area contributed by atoms with Crippen molar-refractivity contribution < 1.29 is 27.1 Å². The van der Waals surface area contributed by atoms with E-state index in [0.717, 1.165) is 0 Å². The molecule has 1 aromatic rings. The average Bonchev–Trinajstić information content (AvgIpc) is 3.06. The molecule has 1 saturated carbocycles. The summed E-state index contributed by atoms with van der Waals surface area (Å²) in [6.45, 7) is 2.88. The zero-order valence-corrected chi connectivity index (χ0v) is 12.4. The standard InChI is InChI=1S/C16H13F4NO2/c1-16(2)9(4-3-5-21)11(16)15(22)23-7-8-6-10(17)13(19)14(20)12(8)18/h3-4,6,9,11H,7H2,1-2H3/b4-3-/t9-,11+/m1/s1. The first-order valence-corrected chi connectivity index (χ1v) is 6.76. The summed E-state index contributed by atoms with van der Waals surface area (Å²) >= 11 is 0. The topological polar surface area (TPSA) is 50.1 Å². The molecule has 2 rings (SSSR count). The van der Waals surface area contributed by atoms with Crippen molar-refractivity contribution in [1.29, 1.82) is 5.26 Å². The Morgan fingerprint density at radius 3 is 2.57 bits per heavy atom. The van der Waals surface area contributed by atoms with Crippen LogP contribution in [-0.2, 0) is 16.1 Å². The van der Waals surface area contributed by atoms with Crippen molar-refractivity contribution in [3.63, 3.8) is 0 Å². The van der Waals surface area contributed by atoms with Crippen LogP contribution in [0.15, 0.2) is 18.2 Å². The summed E-state index contributed by atoms with van der Waals surface area (Å²) in [5.74, 6) is -8.43. The molecule has 0 aromatic heterocycles. The van der Waals surface area contributed by atoms with Gasteiger partial charge in [-0.25, -0.2) is 17.6 Å². The summed E-state index contributed by atoms with van der Waals surface area (Å²) in [6, 6.07) is 2.27. The largest absolute Gasteiger partial charge is 0.460 e. The predicted octanol–water partition coefficient (Wildman–Crippen LogP) is 3.64. The summed E-state index contributed by atoms with van der Waals surface area (Å²) in [7, 11) is 0. The fourth-order valence-electron chi connectivity index (χ4n) is 2.60. The van der Waals surface area contributed by atoms with Gasteiger partial charge in [0, 0.05) is 11.6 Å². The number of hydrogen-bond donors (Lipinski definition) is 0. The zero-order chi connectivity index (χ0) is 17.4. The van der Waals surface area contributed by atoms with Crippen LogP contribution < -0.4 is 0 Å². The maximum Gasteiger partial charge on any atom is 0.310 e. The van der Waals surface area contributed by atoms with Crippen molar-refractivity contribution in [2.24, 2.45) is 17.3 Å². The van der Waals surface area contributed by atoms with Crippen LogP contribution in [0.3, 0.4) is 0 Å². The molecule has 0 radical (unpaired) electrons. The first kappa shape index (κ1) is 17.0. The lowest BCUT2D eigenvalue weighted by molar-refractivity contribution is -0.147. The van der Waals surface area contributed by atoms with Crippen molar-refractivity contribution in [2.75, 3.05) is 0 Å². The first-order chi connectivity index (χ1) is 10.7. The Labute approximate surface area is 130 Å². The number of halogens is 4. The molecule has 23 heavy (non-hydrogen) atoms. The first-order valence-electron chi connectivity index (χ1n) is 6.76. The van der Waals surface area contributed by atoms with Crippen LogP contribution in [0.2, 0.25) is 0 Å². The molecular formula is C16H13F4NO2. The van der Waals surface area contributed by atoms with E-state index in [1.54, 1.807) is 19.9 Å². The summed E-state index contributed by atoms with van der Waals surface area (Å²) in [6.07, 6.45) is 2.83.